The van der Waals surface area contributed by atoms with Crippen LogP contribution in [0.25, 0.3) is 22.5 Å². The summed E-state index contributed by atoms with van der Waals surface area (Å²) in [6, 6.07) is 33.7. The Balaban J connectivity index is 1.16. The molecule has 1 N–H and O–H groups in total. The van der Waals surface area contributed by atoms with Gasteiger partial charge in [-0.15, -0.1) is 10.2 Å². The van der Waals surface area contributed by atoms with Gasteiger partial charge < -0.3 is 14.2 Å². The van der Waals surface area contributed by atoms with E-state index in [-0.39, 0.29) is 12.5 Å². The molecule has 0 atom stereocenters. The maximum atomic E-state index is 13.8. The molecule has 6 aromatic rings. The number of tetrazole rings is 1. The summed E-state index contributed by atoms with van der Waals surface area (Å²) >= 11 is 0. The Morgan fingerprint density at radius 1 is 0.788 bits per heavy atom. The molecule has 4 aromatic carbocycles. The molecule has 0 saturated carbocycles. The summed E-state index contributed by atoms with van der Waals surface area (Å²) in [6.07, 6.45) is 4.18. The number of rotatable bonds is 16. The molecule has 0 saturated heterocycles. The molecule has 2 aromatic heterocycles. The second-order valence-corrected chi connectivity index (χ2v) is 12.8. The number of hydrogen-bond acceptors (Lipinski definition) is 7. The minimum Gasteiger partial charge on any atom is -0.456 e. The molecule has 0 aliphatic carbocycles. The van der Waals surface area contributed by atoms with Crippen LogP contribution in [0.1, 0.15) is 89.1 Å². The van der Waals surface area contributed by atoms with E-state index in [9.17, 15) is 9.59 Å². The molecule has 1 amide bonds. The van der Waals surface area contributed by atoms with Crippen LogP contribution in [0, 0.1) is 0 Å². The number of carbonyl (C=O) groups excluding carboxylic acids is 2. The zero-order valence-electron chi connectivity index (χ0n) is 30.1. The van der Waals surface area contributed by atoms with E-state index in [2.05, 4.69) is 58.7 Å². The van der Waals surface area contributed by atoms with Crippen molar-refractivity contribution < 1.29 is 14.3 Å². The summed E-state index contributed by atoms with van der Waals surface area (Å²) in [5.74, 6) is 0.981. The average Bonchev–Trinajstić information content (AvgIpc) is 3.85. The SMILES string of the molecule is CCCCN(Cc1ccccc1)C(=O)c1ccc(COC(=O)c2c(CC)nc(CCC)n2Cc2ccc(-c3ccccc3-c3nn[nH]n3)cc2)cc1. The lowest BCUT2D eigenvalue weighted by Crippen LogP contribution is -2.31. The van der Waals surface area contributed by atoms with Crippen molar-refractivity contribution in [2.45, 2.75) is 72.6 Å². The highest BCUT2D eigenvalue weighted by molar-refractivity contribution is 5.94. The lowest BCUT2D eigenvalue weighted by atomic mass is 9.98. The molecule has 10 heteroatoms. The van der Waals surface area contributed by atoms with E-state index in [4.69, 9.17) is 9.72 Å². The Morgan fingerprint density at radius 2 is 1.50 bits per heavy atom. The Morgan fingerprint density at radius 3 is 2.17 bits per heavy atom. The Bertz CT molecular complexity index is 2060. The van der Waals surface area contributed by atoms with Crippen LogP contribution in [0.2, 0.25) is 0 Å². The van der Waals surface area contributed by atoms with Gasteiger partial charge >= 0.3 is 5.97 Å². The number of benzene rings is 4. The molecule has 266 valence electrons. The van der Waals surface area contributed by atoms with Gasteiger partial charge in [0.1, 0.15) is 12.4 Å². The third kappa shape index (κ3) is 8.51. The van der Waals surface area contributed by atoms with Gasteiger partial charge in [-0.25, -0.2) is 9.78 Å². The minimum absolute atomic E-state index is 0.00925. The lowest BCUT2D eigenvalue weighted by Gasteiger charge is -2.23. The first-order valence-corrected chi connectivity index (χ1v) is 18.1. The number of aryl methyl sites for hydroxylation is 2. The van der Waals surface area contributed by atoms with Crippen LogP contribution in [0.3, 0.4) is 0 Å². The number of unbranched alkanes of at least 4 members (excludes halogenated alkanes) is 1. The quantitative estimate of drug-likeness (QED) is 0.102. The first-order chi connectivity index (χ1) is 25.5. The molecule has 0 radical (unpaired) electrons. The summed E-state index contributed by atoms with van der Waals surface area (Å²) in [4.78, 5) is 34.1. The van der Waals surface area contributed by atoms with Crippen molar-refractivity contribution in [1.29, 1.82) is 0 Å². The van der Waals surface area contributed by atoms with Crippen molar-refractivity contribution >= 4 is 11.9 Å². The number of aromatic amines is 1. The zero-order valence-corrected chi connectivity index (χ0v) is 30.1. The van der Waals surface area contributed by atoms with Gasteiger partial charge in [-0.05, 0) is 64.4 Å². The predicted molar refractivity (Wildman–Crippen MR) is 201 cm³/mol. The van der Waals surface area contributed by atoms with Crippen molar-refractivity contribution in [3.8, 4) is 22.5 Å². The highest BCUT2D eigenvalue weighted by atomic mass is 16.5. The topological polar surface area (TPSA) is 119 Å². The summed E-state index contributed by atoms with van der Waals surface area (Å²) in [6.45, 7) is 8.06. The van der Waals surface area contributed by atoms with Gasteiger partial charge in [-0.2, -0.15) is 5.21 Å². The van der Waals surface area contributed by atoms with E-state index in [1.165, 1.54) is 0 Å². The van der Waals surface area contributed by atoms with E-state index in [0.717, 1.165) is 70.6 Å². The fourth-order valence-electron chi connectivity index (χ4n) is 6.34. The molecular weight excluding hydrogens is 651 g/mol. The smallest absolute Gasteiger partial charge is 0.357 e. The van der Waals surface area contributed by atoms with Crippen LogP contribution in [-0.4, -0.2) is 53.5 Å². The molecule has 2 heterocycles. The minimum atomic E-state index is -0.411. The molecule has 0 aliphatic heterocycles. The number of nitrogens with one attached hydrogen (secondary N) is 1. The summed E-state index contributed by atoms with van der Waals surface area (Å²) in [5.41, 5.74) is 7.68. The maximum Gasteiger partial charge on any atom is 0.357 e. The molecule has 0 bridgehead atoms. The van der Waals surface area contributed by atoms with Gasteiger partial charge in [0.2, 0.25) is 5.82 Å². The second kappa shape index (κ2) is 17.4. The normalized spacial score (nSPS) is 11.1. The van der Waals surface area contributed by atoms with Crippen molar-refractivity contribution in [2.75, 3.05) is 6.54 Å². The molecule has 6 rings (SSSR count). The highest BCUT2D eigenvalue weighted by Crippen LogP contribution is 2.30. The number of nitrogens with zero attached hydrogens (tertiary/aromatic N) is 6. The fourth-order valence-corrected chi connectivity index (χ4v) is 6.34. The van der Waals surface area contributed by atoms with Gasteiger partial charge in [0, 0.05) is 37.2 Å². The standard InChI is InChI=1S/C42H45N7O3/c1-4-7-26-48(27-30-14-9-8-10-15-30)41(50)34-24-20-32(21-25-34)29-52-42(51)39-37(6-3)43-38(13-5-2)49(39)28-31-18-22-33(23-19-31)35-16-11-12-17-36(35)40-44-46-47-45-40/h8-12,14-25H,4-7,13,26-29H2,1-3H3,(H,44,45,46,47). The molecule has 0 fully saturated rings. The van der Waals surface area contributed by atoms with Crippen LogP contribution >= 0.6 is 0 Å². The largest absolute Gasteiger partial charge is 0.456 e. The number of H-pyrrole nitrogens is 1. The van der Waals surface area contributed by atoms with Gasteiger partial charge in [0.25, 0.3) is 5.91 Å². The predicted octanol–water partition coefficient (Wildman–Crippen LogP) is 8.09. The Kier molecular flexibility index (Phi) is 12.0. The Hall–Kier alpha value is -5.90. The molecule has 10 nitrogen and oxygen atoms in total. The van der Waals surface area contributed by atoms with Gasteiger partial charge in [0.15, 0.2) is 5.69 Å². The van der Waals surface area contributed by atoms with Crippen LogP contribution in [0.5, 0.6) is 0 Å². The van der Waals surface area contributed by atoms with Crippen LogP contribution in [0.4, 0.5) is 0 Å². The summed E-state index contributed by atoms with van der Waals surface area (Å²) in [7, 11) is 0. The summed E-state index contributed by atoms with van der Waals surface area (Å²) < 4.78 is 7.92. The third-order valence-electron chi connectivity index (χ3n) is 9.10. The Labute approximate surface area is 304 Å². The van der Waals surface area contributed by atoms with E-state index < -0.39 is 5.97 Å². The van der Waals surface area contributed by atoms with E-state index in [0.29, 0.717) is 43.1 Å². The first kappa shape index (κ1) is 35.9. The molecule has 0 aliphatic rings. The van der Waals surface area contributed by atoms with Gasteiger partial charge in [-0.1, -0.05) is 118 Å². The number of esters is 1. The van der Waals surface area contributed by atoms with Crippen molar-refractivity contribution in [3.05, 3.63) is 143 Å². The molecule has 0 unspecified atom stereocenters. The second-order valence-electron chi connectivity index (χ2n) is 12.8. The number of ether oxygens (including phenoxy) is 1. The van der Waals surface area contributed by atoms with Crippen LogP contribution in [0.15, 0.2) is 103 Å². The molecule has 52 heavy (non-hydrogen) atoms. The number of aromatic nitrogens is 6. The van der Waals surface area contributed by atoms with Gasteiger partial charge in [-0.3, -0.25) is 4.79 Å². The number of hydrogen-bond donors (Lipinski definition) is 1. The van der Waals surface area contributed by atoms with Crippen LogP contribution in [-0.2, 0) is 37.3 Å². The summed E-state index contributed by atoms with van der Waals surface area (Å²) in [5, 5.41) is 14.6. The number of imidazole rings is 1. The van der Waals surface area contributed by atoms with E-state index >= 15 is 0 Å². The number of amides is 1. The van der Waals surface area contributed by atoms with Gasteiger partial charge in [0.05, 0.1) is 5.69 Å². The van der Waals surface area contributed by atoms with Crippen molar-refractivity contribution in [2.24, 2.45) is 0 Å². The fraction of sp³-hybridized carbons (Fsp3) is 0.286. The lowest BCUT2D eigenvalue weighted by molar-refractivity contribution is 0.0458. The molecule has 0 spiro atoms. The van der Waals surface area contributed by atoms with Crippen molar-refractivity contribution in [3.63, 3.8) is 0 Å². The first-order valence-electron chi connectivity index (χ1n) is 18.1. The van der Waals surface area contributed by atoms with E-state index in [1.807, 2.05) is 95.3 Å². The average molecular weight is 696 g/mol. The van der Waals surface area contributed by atoms with E-state index in [1.54, 1.807) is 0 Å². The molecular formula is C42H45N7O3. The number of carbonyl (C=O) groups is 2. The van der Waals surface area contributed by atoms with Crippen molar-refractivity contribution in [1.82, 2.24) is 35.1 Å². The maximum absolute atomic E-state index is 13.8. The highest BCUT2D eigenvalue weighted by Gasteiger charge is 2.24. The van der Waals surface area contributed by atoms with Crippen LogP contribution < -0.4 is 0 Å². The third-order valence-corrected chi connectivity index (χ3v) is 9.10. The zero-order chi connectivity index (χ0) is 36.3. The monoisotopic (exact) mass is 695 g/mol.